The van der Waals surface area contributed by atoms with Gasteiger partial charge in [-0.05, 0) is 49.4 Å². The summed E-state index contributed by atoms with van der Waals surface area (Å²) >= 11 is 0. The molecule has 0 radical (unpaired) electrons. The van der Waals surface area contributed by atoms with Crippen LogP contribution in [0.2, 0.25) is 0 Å². The Morgan fingerprint density at radius 2 is 1.90 bits per heavy atom. The molecule has 1 aliphatic carbocycles. The second kappa shape index (κ2) is 8.69. The SMILES string of the molecule is Cc1ccc(N2C[C@H](C(=O)OCC(=O)N[C@H]3CCCc4ccccc43)CC2=O)cc1. The summed E-state index contributed by atoms with van der Waals surface area (Å²) in [7, 11) is 0. The third kappa shape index (κ3) is 4.37. The average Bonchev–Trinajstić information content (AvgIpc) is 3.14. The molecule has 30 heavy (non-hydrogen) atoms. The largest absolute Gasteiger partial charge is 0.455 e. The Labute approximate surface area is 176 Å². The van der Waals surface area contributed by atoms with Crippen molar-refractivity contribution in [1.82, 2.24) is 5.32 Å². The quantitative estimate of drug-likeness (QED) is 0.775. The van der Waals surface area contributed by atoms with Crippen LogP contribution in [0.15, 0.2) is 48.5 Å². The summed E-state index contributed by atoms with van der Waals surface area (Å²) in [6.45, 7) is 1.93. The van der Waals surface area contributed by atoms with Crippen LogP contribution in [0.1, 0.15) is 42.0 Å². The van der Waals surface area contributed by atoms with Crippen molar-refractivity contribution in [2.75, 3.05) is 18.1 Å². The van der Waals surface area contributed by atoms with Crippen molar-refractivity contribution < 1.29 is 19.1 Å². The lowest BCUT2D eigenvalue weighted by molar-refractivity contribution is -0.152. The van der Waals surface area contributed by atoms with E-state index in [4.69, 9.17) is 4.74 Å². The summed E-state index contributed by atoms with van der Waals surface area (Å²) in [5.41, 5.74) is 4.27. The van der Waals surface area contributed by atoms with E-state index in [1.54, 1.807) is 4.90 Å². The predicted octanol–water partition coefficient (Wildman–Crippen LogP) is 3.08. The highest BCUT2D eigenvalue weighted by molar-refractivity contribution is 5.99. The number of amides is 2. The normalized spacial score (nSPS) is 20.6. The summed E-state index contributed by atoms with van der Waals surface area (Å²) in [4.78, 5) is 38.7. The molecule has 1 heterocycles. The highest BCUT2D eigenvalue weighted by Gasteiger charge is 2.36. The molecule has 156 valence electrons. The van der Waals surface area contributed by atoms with Crippen molar-refractivity contribution in [3.8, 4) is 0 Å². The summed E-state index contributed by atoms with van der Waals surface area (Å²) in [6.07, 6.45) is 3.01. The summed E-state index contributed by atoms with van der Waals surface area (Å²) < 4.78 is 5.24. The number of nitrogens with zero attached hydrogens (tertiary/aromatic N) is 1. The van der Waals surface area contributed by atoms with Gasteiger partial charge >= 0.3 is 5.97 Å². The maximum atomic E-state index is 12.4. The first kappa shape index (κ1) is 20.1. The van der Waals surface area contributed by atoms with Gasteiger partial charge in [0.1, 0.15) is 0 Å². The van der Waals surface area contributed by atoms with Crippen LogP contribution in [-0.2, 0) is 25.5 Å². The van der Waals surface area contributed by atoms with Gasteiger partial charge in [-0.1, -0.05) is 42.0 Å². The van der Waals surface area contributed by atoms with Crippen LogP contribution in [0.25, 0.3) is 0 Å². The fourth-order valence-electron chi connectivity index (χ4n) is 4.23. The highest BCUT2D eigenvalue weighted by Crippen LogP contribution is 2.29. The molecule has 2 atom stereocenters. The fourth-order valence-corrected chi connectivity index (χ4v) is 4.23. The predicted molar refractivity (Wildman–Crippen MR) is 113 cm³/mol. The second-order valence-electron chi connectivity index (χ2n) is 8.06. The number of hydrogen-bond donors (Lipinski definition) is 1. The van der Waals surface area contributed by atoms with Crippen LogP contribution in [-0.4, -0.2) is 30.9 Å². The van der Waals surface area contributed by atoms with Crippen molar-refractivity contribution in [2.24, 2.45) is 5.92 Å². The van der Waals surface area contributed by atoms with Crippen molar-refractivity contribution >= 4 is 23.5 Å². The second-order valence-corrected chi connectivity index (χ2v) is 8.06. The molecular weight excluding hydrogens is 380 g/mol. The van der Waals surface area contributed by atoms with Gasteiger partial charge in [-0.3, -0.25) is 14.4 Å². The molecule has 1 saturated heterocycles. The lowest BCUT2D eigenvalue weighted by Gasteiger charge is -2.26. The number of anilines is 1. The van der Waals surface area contributed by atoms with Gasteiger partial charge in [0.05, 0.1) is 12.0 Å². The topological polar surface area (TPSA) is 75.7 Å². The summed E-state index contributed by atoms with van der Waals surface area (Å²) in [5.74, 6) is -1.48. The minimum absolute atomic E-state index is 0.0498. The minimum atomic E-state index is -0.554. The third-order valence-electron chi connectivity index (χ3n) is 5.85. The molecular formula is C24H26N2O4. The Morgan fingerprint density at radius 3 is 2.70 bits per heavy atom. The molecule has 1 N–H and O–H groups in total. The van der Waals surface area contributed by atoms with Gasteiger partial charge in [-0.15, -0.1) is 0 Å². The number of rotatable bonds is 5. The minimum Gasteiger partial charge on any atom is -0.455 e. The third-order valence-corrected chi connectivity index (χ3v) is 5.85. The highest BCUT2D eigenvalue weighted by atomic mass is 16.5. The van der Waals surface area contributed by atoms with E-state index in [1.165, 1.54) is 5.56 Å². The van der Waals surface area contributed by atoms with Crippen molar-refractivity contribution in [2.45, 2.75) is 38.6 Å². The molecule has 2 aliphatic rings. The number of esters is 1. The number of carbonyl (C=O) groups is 3. The van der Waals surface area contributed by atoms with E-state index in [0.29, 0.717) is 0 Å². The zero-order chi connectivity index (χ0) is 21.1. The first-order valence-electron chi connectivity index (χ1n) is 10.4. The van der Waals surface area contributed by atoms with Crippen LogP contribution < -0.4 is 10.2 Å². The molecule has 6 heteroatoms. The van der Waals surface area contributed by atoms with Gasteiger partial charge in [-0.2, -0.15) is 0 Å². The Bertz CT molecular complexity index is 954. The first-order valence-corrected chi connectivity index (χ1v) is 10.4. The van der Waals surface area contributed by atoms with Crippen LogP contribution in [0.4, 0.5) is 5.69 Å². The summed E-state index contributed by atoms with van der Waals surface area (Å²) in [5, 5.41) is 2.98. The van der Waals surface area contributed by atoms with Gasteiger partial charge in [0.2, 0.25) is 5.91 Å². The molecule has 2 amide bonds. The maximum absolute atomic E-state index is 12.4. The molecule has 0 aromatic heterocycles. The first-order chi connectivity index (χ1) is 14.5. The van der Waals surface area contributed by atoms with E-state index < -0.39 is 11.9 Å². The van der Waals surface area contributed by atoms with Crippen LogP contribution in [0, 0.1) is 12.8 Å². The van der Waals surface area contributed by atoms with E-state index in [2.05, 4.69) is 11.4 Å². The molecule has 0 unspecified atom stereocenters. The molecule has 6 nitrogen and oxygen atoms in total. The van der Waals surface area contributed by atoms with Crippen LogP contribution >= 0.6 is 0 Å². The zero-order valence-electron chi connectivity index (χ0n) is 17.1. The molecule has 0 spiro atoms. The monoisotopic (exact) mass is 406 g/mol. The van der Waals surface area contributed by atoms with Gasteiger partial charge in [0.15, 0.2) is 6.61 Å². The lowest BCUT2D eigenvalue weighted by Crippen LogP contribution is -2.35. The van der Waals surface area contributed by atoms with E-state index in [1.807, 2.05) is 49.4 Å². The van der Waals surface area contributed by atoms with Gasteiger partial charge < -0.3 is 15.0 Å². The van der Waals surface area contributed by atoms with Crippen LogP contribution in [0.3, 0.4) is 0 Å². The maximum Gasteiger partial charge on any atom is 0.311 e. The van der Waals surface area contributed by atoms with Crippen LogP contribution in [0.5, 0.6) is 0 Å². The number of benzene rings is 2. The van der Waals surface area contributed by atoms with E-state index in [9.17, 15) is 14.4 Å². The van der Waals surface area contributed by atoms with E-state index >= 15 is 0 Å². The van der Waals surface area contributed by atoms with Gasteiger partial charge in [-0.25, -0.2) is 0 Å². The molecule has 1 aliphatic heterocycles. The Hall–Kier alpha value is -3.15. The van der Waals surface area contributed by atoms with Crippen molar-refractivity contribution in [3.63, 3.8) is 0 Å². The number of fused-ring (bicyclic) bond motifs is 1. The van der Waals surface area contributed by atoms with E-state index in [-0.39, 0.29) is 37.4 Å². The average molecular weight is 406 g/mol. The van der Waals surface area contributed by atoms with Gasteiger partial charge in [0.25, 0.3) is 5.91 Å². The lowest BCUT2D eigenvalue weighted by atomic mass is 9.88. The number of carbonyl (C=O) groups excluding carboxylic acids is 3. The number of hydrogen-bond acceptors (Lipinski definition) is 4. The summed E-state index contributed by atoms with van der Waals surface area (Å²) in [6, 6.07) is 15.7. The molecule has 2 aromatic carbocycles. The molecule has 0 bridgehead atoms. The standard InChI is InChI=1S/C24H26N2O4/c1-16-9-11-19(12-10-16)26-14-18(13-23(26)28)24(29)30-15-22(27)25-21-8-4-6-17-5-2-3-7-20(17)21/h2-3,5,7,9-12,18,21H,4,6,8,13-15H2,1H3,(H,25,27)/t18-,21+/m1/s1. The Kier molecular flexibility index (Phi) is 5.84. The molecule has 2 aromatic rings. The Morgan fingerprint density at radius 1 is 1.13 bits per heavy atom. The van der Waals surface area contributed by atoms with Crippen molar-refractivity contribution in [1.29, 1.82) is 0 Å². The molecule has 4 rings (SSSR count). The fraction of sp³-hybridized carbons (Fsp3) is 0.375. The Balaban J connectivity index is 1.29. The molecule has 1 fully saturated rings. The number of ether oxygens (including phenoxy) is 1. The zero-order valence-corrected chi connectivity index (χ0v) is 17.1. The number of aryl methyl sites for hydroxylation is 2. The number of nitrogens with one attached hydrogen (secondary N) is 1. The van der Waals surface area contributed by atoms with E-state index in [0.717, 1.165) is 36.1 Å². The van der Waals surface area contributed by atoms with Crippen molar-refractivity contribution in [3.05, 3.63) is 65.2 Å². The smallest absolute Gasteiger partial charge is 0.311 e. The molecule has 0 saturated carbocycles. The van der Waals surface area contributed by atoms with Gasteiger partial charge in [0, 0.05) is 18.7 Å².